The van der Waals surface area contributed by atoms with Crippen LogP contribution in [0.2, 0.25) is 0 Å². The third-order valence-corrected chi connectivity index (χ3v) is 6.78. The second-order valence-electron chi connectivity index (χ2n) is 8.01. The van der Waals surface area contributed by atoms with E-state index in [9.17, 15) is 4.39 Å². The number of hydrogen-bond donors (Lipinski definition) is 1. The molecule has 0 amide bonds. The fraction of sp³-hybridized carbons (Fsp3) is 0.333. The number of aliphatic imine (C=N–C) groups is 1. The lowest BCUT2D eigenvalue weighted by molar-refractivity contribution is 0.281. The molecule has 2 aromatic carbocycles. The van der Waals surface area contributed by atoms with Crippen molar-refractivity contribution in [3.8, 4) is 0 Å². The summed E-state index contributed by atoms with van der Waals surface area (Å²) >= 11 is 1.77. The summed E-state index contributed by atoms with van der Waals surface area (Å²) in [5.74, 6) is 0.834. The Hall–Kier alpha value is -2.57. The quantitative estimate of drug-likeness (QED) is 0.679. The van der Waals surface area contributed by atoms with Gasteiger partial charge in [-0.3, -0.25) is 0 Å². The molecule has 0 radical (unpaired) electrons. The Morgan fingerprint density at radius 1 is 1.20 bits per heavy atom. The van der Waals surface area contributed by atoms with Gasteiger partial charge < -0.3 is 10.2 Å². The van der Waals surface area contributed by atoms with Crippen molar-refractivity contribution in [3.63, 3.8) is 0 Å². The SMILES string of the molecule is Cc1nc2c(s1)Cc1ccccc1N=C2N1CCNC(CCc2cccc(F)c2)C1. The molecule has 0 bridgehead atoms. The minimum Gasteiger partial charge on any atom is -0.352 e. The first-order valence-corrected chi connectivity index (χ1v) is 11.3. The maximum atomic E-state index is 13.5. The lowest BCUT2D eigenvalue weighted by Crippen LogP contribution is -2.53. The molecule has 1 unspecified atom stereocenters. The number of nitrogens with zero attached hydrogens (tertiary/aromatic N) is 3. The lowest BCUT2D eigenvalue weighted by atomic mass is 10.0. The second-order valence-corrected chi connectivity index (χ2v) is 9.30. The zero-order chi connectivity index (χ0) is 20.5. The Morgan fingerprint density at radius 3 is 3.00 bits per heavy atom. The van der Waals surface area contributed by atoms with Crippen molar-refractivity contribution < 1.29 is 4.39 Å². The summed E-state index contributed by atoms with van der Waals surface area (Å²) in [5.41, 5.74) is 4.40. The maximum absolute atomic E-state index is 13.5. The van der Waals surface area contributed by atoms with Gasteiger partial charge in [-0.05, 0) is 49.1 Å². The number of aryl methyl sites for hydroxylation is 2. The first-order chi connectivity index (χ1) is 14.7. The highest BCUT2D eigenvalue weighted by Gasteiger charge is 2.28. The smallest absolute Gasteiger partial charge is 0.156 e. The van der Waals surface area contributed by atoms with E-state index in [4.69, 9.17) is 9.98 Å². The van der Waals surface area contributed by atoms with E-state index in [0.29, 0.717) is 6.04 Å². The summed E-state index contributed by atoms with van der Waals surface area (Å²) in [4.78, 5) is 13.6. The van der Waals surface area contributed by atoms with Crippen LogP contribution in [0, 0.1) is 12.7 Å². The maximum Gasteiger partial charge on any atom is 0.156 e. The van der Waals surface area contributed by atoms with Gasteiger partial charge >= 0.3 is 0 Å². The van der Waals surface area contributed by atoms with Crippen LogP contribution in [0.5, 0.6) is 0 Å². The molecule has 1 saturated heterocycles. The van der Waals surface area contributed by atoms with Crippen molar-refractivity contribution >= 4 is 22.9 Å². The van der Waals surface area contributed by atoms with E-state index in [1.165, 1.54) is 16.5 Å². The van der Waals surface area contributed by atoms with Gasteiger partial charge in [0.2, 0.25) is 0 Å². The second kappa shape index (κ2) is 8.28. The standard InChI is InChI=1S/C24H25FN4S/c1-16-27-23-22(30-16)14-18-6-2-3-8-21(18)28-24(23)29-12-11-26-20(15-29)10-9-17-5-4-7-19(25)13-17/h2-8,13,20,26H,9-12,14-15H2,1H3. The van der Waals surface area contributed by atoms with Gasteiger partial charge in [0.05, 0.1) is 10.7 Å². The summed E-state index contributed by atoms with van der Waals surface area (Å²) in [6.07, 6.45) is 2.71. The molecule has 0 spiro atoms. The van der Waals surface area contributed by atoms with Crippen molar-refractivity contribution in [1.29, 1.82) is 0 Å². The van der Waals surface area contributed by atoms with Gasteiger partial charge in [0, 0.05) is 37.0 Å². The van der Waals surface area contributed by atoms with E-state index in [-0.39, 0.29) is 5.82 Å². The van der Waals surface area contributed by atoms with Crippen LogP contribution in [0.4, 0.5) is 10.1 Å². The average molecular weight is 421 g/mol. The van der Waals surface area contributed by atoms with Gasteiger partial charge in [-0.15, -0.1) is 11.3 Å². The van der Waals surface area contributed by atoms with Gasteiger partial charge in [0.15, 0.2) is 5.84 Å². The van der Waals surface area contributed by atoms with E-state index in [0.717, 1.165) is 66.7 Å². The summed E-state index contributed by atoms with van der Waals surface area (Å²) in [6, 6.07) is 15.7. The number of para-hydroxylation sites is 1. The number of aromatic nitrogens is 1. The third-order valence-electron chi connectivity index (χ3n) is 5.81. The van der Waals surface area contributed by atoms with Crippen LogP contribution in [-0.4, -0.2) is 41.4 Å². The highest BCUT2D eigenvalue weighted by atomic mass is 32.1. The van der Waals surface area contributed by atoms with Crippen molar-refractivity contribution in [2.45, 2.75) is 32.2 Å². The van der Waals surface area contributed by atoms with Crippen LogP contribution in [0.25, 0.3) is 0 Å². The molecule has 30 heavy (non-hydrogen) atoms. The number of rotatable bonds is 3. The minimum absolute atomic E-state index is 0.163. The monoisotopic (exact) mass is 420 g/mol. The molecule has 1 aromatic heterocycles. The average Bonchev–Trinajstić information content (AvgIpc) is 3.04. The number of hydrogen-bond acceptors (Lipinski definition) is 5. The zero-order valence-corrected chi connectivity index (χ0v) is 17.9. The molecule has 0 aliphatic carbocycles. The minimum atomic E-state index is -0.163. The predicted octanol–water partition coefficient (Wildman–Crippen LogP) is 4.48. The number of thiazole rings is 1. The molecular formula is C24H25FN4S. The number of fused-ring (bicyclic) bond motifs is 2. The number of piperazine rings is 1. The highest BCUT2D eigenvalue weighted by molar-refractivity contribution is 7.11. The molecular weight excluding hydrogens is 395 g/mol. The van der Waals surface area contributed by atoms with Gasteiger partial charge in [-0.2, -0.15) is 0 Å². The molecule has 3 aromatic rings. The molecule has 1 fully saturated rings. The van der Waals surface area contributed by atoms with Crippen LogP contribution < -0.4 is 5.32 Å². The van der Waals surface area contributed by atoms with E-state index >= 15 is 0 Å². The summed E-state index contributed by atoms with van der Waals surface area (Å²) in [5, 5.41) is 4.72. The first-order valence-electron chi connectivity index (χ1n) is 10.5. The van der Waals surface area contributed by atoms with Gasteiger partial charge in [-0.25, -0.2) is 14.4 Å². The topological polar surface area (TPSA) is 40.5 Å². The van der Waals surface area contributed by atoms with E-state index in [2.05, 4.69) is 41.4 Å². The number of nitrogens with one attached hydrogen (secondary N) is 1. The fourth-order valence-electron chi connectivity index (χ4n) is 4.34. The Kier molecular flexibility index (Phi) is 5.35. The summed E-state index contributed by atoms with van der Waals surface area (Å²) in [6.45, 7) is 4.77. The van der Waals surface area contributed by atoms with Crippen LogP contribution >= 0.6 is 11.3 Å². The van der Waals surface area contributed by atoms with Crippen molar-refractivity contribution in [2.24, 2.45) is 4.99 Å². The van der Waals surface area contributed by atoms with Gasteiger partial charge in [-0.1, -0.05) is 30.3 Å². The number of halogens is 1. The van der Waals surface area contributed by atoms with Crippen molar-refractivity contribution in [2.75, 3.05) is 19.6 Å². The van der Waals surface area contributed by atoms with Crippen LogP contribution in [0.1, 0.15) is 33.1 Å². The Labute approximate surface area is 180 Å². The molecule has 3 heterocycles. The number of benzene rings is 2. The number of amidine groups is 1. The molecule has 1 N–H and O–H groups in total. The Morgan fingerprint density at radius 2 is 2.10 bits per heavy atom. The normalized spacial score (nSPS) is 18.4. The predicted molar refractivity (Wildman–Crippen MR) is 120 cm³/mol. The van der Waals surface area contributed by atoms with E-state index in [1.807, 2.05) is 6.07 Å². The zero-order valence-electron chi connectivity index (χ0n) is 17.1. The van der Waals surface area contributed by atoms with Gasteiger partial charge in [0.25, 0.3) is 0 Å². The highest BCUT2D eigenvalue weighted by Crippen LogP contribution is 2.32. The first kappa shape index (κ1) is 19.4. The molecule has 2 aliphatic heterocycles. The third kappa shape index (κ3) is 4.02. The molecule has 4 nitrogen and oxygen atoms in total. The largest absolute Gasteiger partial charge is 0.352 e. The lowest BCUT2D eigenvalue weighted by Gasteiger charge is -2.35. The van der Waals surface area contributed by atoms with Crippen molar-refractivity contribution in [1.82, 2.24) is 15.2 Å². The molecule has 5 rings (SSSR count). The summed E-state index contributed by atoms with van der Waals surface area (Å²) in [7, 11) is 0. The van der Waals surface area contributed by atoms with Crippen LogP contribution in [0.15, 0.2) is 53.5 Å². The van der Waals surface area contributed by atoms with Crippen LogP contribution in [-0.2, 0) is 12.8 Å². The van der Waals surface area contributed by atoms with Crippen molar-refractivity contribution in [3.05, 3.63) is 81.1 Å². The molecule has 0 saturated carbocycles. The summed E-state index contributed by atoms with van der Waals surface area (Å²) < 4.78 is 13.5. The van der Waals surface area contributed by atoms with E-state index in [1.54, 1.807) is 23.5 Å². The molecule has 6 heteroatoms. The Bertz CT molecular complexity index is 1090. The van der Waals surface area contributed by atoms with Gasteiger partial charge in [0.1, 0.15) is 11.5 Å². The van der Waals surface area contributed by atoms with Crippen LogP contribution in [0.3, 0.4) is 0 Å². The Balaban J connectivity index is 1.39. The van der Waals surface area contributed by atoms with E-state index < -0.39 is 0 Å². The fourth-order valence-corrected chi connectivity index (χ4v) is 5.29. The molecule has 1 atom stereocenters. The molecule has 154 valence electrons. The molecule has 2 aliphatic rings.